The van der Waals surface area contributed by atoms with Gasteiger partial charge < -0.3 is 15.2 Å². The average molecular weight is 319 g/mol. The van der Waals surface area contributed by atoms with Crippen LogP contribution in [0.3, 0.4) is 0 Å². The minimum absolute atomic E-state index is 0.00623. The molecule has 0 heterocycles. The van der Waals surface area contributed by atoms with E-state index in [-0.39, 0.29) is 18.2 Å². The molecule has 1 unspecified atom stereocenters. The maximum absolute atomic E-state index is 12.4. The maximum Gasteiger partial charge on any atom is 0.305 e. The Morgan fingerprint density at radius 3 is 2.65 bits per heavy atom. The van der Waals surface area contributed by atoms with Crippen LogP contribution in [0.15, 0.2) is 24.3 Å². The molecule has 23 heavy (non-hydrogen) atoms. The van der Waals surface area contributed by atoms with Crippen LogP contribution in [-0.2, 0) is 9.59 Å². The van der Waals surface area contributed by atoms with E-state index < -0.39 is 11.5 Å². The van der Waals surface area contributed by atoms with Crippen LogP contribution in [-0.4, -0.2) is 29.6 Å². The Labute approximate surface area is 137 Å². The minimum Gasteiger partial charge on any atom is -0.497 e. The summed E-state index contributed by atoms with van der Waals surface area (Å²) in [6, 6.07) is 7.69. The predicted molar refractivity (Wildman–Crippen MR) is 87.6 cm³/mol. The van der Waals surface area contributed by atoms with E-state index >= 15 is 0 Å². The van der Waals surface area contributed by atoms with Gasteiger partial charge in [-0.05, 0) is 36.5 Å². The van der Waals surface area contributed by atoms with Crippen molar-refractivity contribution in [2.45, 2.75) is 56.9 Å². The number of methoxy groups -OCH3 is 1. The number of benzene rings is 1. The summed E-state index contributed by atoms with van der Waals surface area (Å²) in [5.74, 6) is -0.113. The molecule has 1 aliphatic carbocycles. The number of nitrogens with one attached hydrogen (secondary N) is 1. The second-order valence-corrected chi connectivity index (χ2v) is 6.49. The molecule has 0 aromatic heterocycles. The number of hydrogen-bond acceptors (Lipinski definition) is 3. The van der Waals surface area contributed by atoms with E-state index in [0.29, 0.717) is 6.42 Å². The molecule has 2 N–H and O–H groups in total. The molecule has 126 valence electrons. The molecule has 1 fully saturated rings. The first-order valence-corrected chi connectivity index (χ1v) is 8.11. The summed E-state index contributed by atoms with van der Waals surface area (Å²) < 4.78 is 5.21. The first kappa shape index (κ1) is 17.3. The molecule has 0 aliphatic heterocycles. The van der Waals surface area contributed by atoms with Crippen molar-refractivity contribution in [3.05, 3.63) is 29.8 Å². The van der Waals surface area contributed by atoms with Gasteiger partial charge in [0.05, 0.1) is 19.1 Å². The van der Waals surface area contributed by atoms with Gasteiger partial charge in [-0.15, -0.1) is 0 Å². The van der Waals surface area contributed by atoms with Crippen LogP contribution in [0, 0.1) is 0 Å². The van der Waals surface area contributed by atoms with E-state index in [1.54, 1.807) is 7.11 Å². The molecule has 0 bridgehead atoms. The van der Waals surface area contributed by atoms with Crippen molar-refractivity contribution in [3.63, 3.8) is 0 Å². The SMILES string of the molecule is COc1cccc(C(C)CC(=O)NC2(CC(=O)O)CCCC2)c1. The number of carboxylic acids is 1. The van der Waals surface area contributed by atoms with E-state index in [2.05, 4.69) is 5.32 Å². The second kappa shape index (κ2) is 7.49. The largest absolute Gasteiger partial charge is 0.497 e. The third kappa shape index (κ3) is 4.71. The Bertz CT molecular complexity index is 564. The molecule has 1 atom stereocenters. The first-order chi connectivity index (χ1) is 10.9. The van der Waals surface area contributed by atoms with E-state index in [4.69, 9.17) is 9.84 Å². The lowest BCUT2D eigenvalue weighted by Gasteiger charge is -2.29. The molecular weight excluding hydrogens is 294 g/mol. The van der Waals surface area contributed by atoms with Crippen molar-refractivity contribution >= 4 is 11.9 Å². The summed E-state index contributed by atoms with van der Waals surface area (Å²) in [5, 5.41) is 12.1. The van der Waals surface area contributed by atoms with Crippen molar-refractivity contribution < 1.29 is 19.4 Å². The minimum atomic E-state index is -0.854. The molecule has 0 spiro atoms. The summed E-state index contributed by atoms with van der Waals surface area (Å²) in [7, 11) is 1.62. The normalized spacial score (nSPS) is 17.5. The summed E-state index contributed by atoms with van der Waals surface area (Å²) in [6.07, 6.45) is 3.79. The Kier molecular flexibility index (Phi) is 5.64. The molecule has 2 rings (SSSR count). The predicted octanol–water partition coefficient (Wildman–Crippen LogP) is 3.09. The number of carbonyl (C=O) groups is 2. The topological polar surface area (TPSA) is 75.6 Å². The van der Waals surface area contributed by atoms with Crippen LogP contribution in [0.2, 0.25) is 0 Å². The molecule has 1 amide bonds. The zero-order chi connectivity index (χ0) is 16.9. The smallest absolute Gasteiger partial charge is 0.305 e. The first-order valence-electron chi connectivity index (χ1n) is 8.11. The van der Waals surface area contributed by atoms with Crippen molar-refractivity contribution in [2.75, 3.05) is 7.11 Å². The highest BCUT2D eigenvalue weighted by molar-refractivity contribution is 5.79. The summed E-state index contributed by atoms with van der Waals surface area (Å²) >= 11 is 0. The highest BCUT2D eigenvalue weighted by Crippen LogP contribution is 2.33. The molecule has 1 saturated carbocycles. The van der Waals surface area contributed by atoms with Crippen molar-refractivity contribution in [3.8, 4) is 5.75 Å². The lowest BCUT2D eigenvalue weighted by atomic mass is 9.91. The number of carboxylic acid groups (broad SMARTS) is 1. The number of aliphatic carboxylic acids is 1. The Morgan fingerprint density at radius 2 is 2.04 bits per heavy atom. The van der Waals surface area contributed by atoms with Crippen molar-refractivity contribution in [2.24, 2.45) is 0 Å². The molecule has 5 nitrogen and oxygen atoms in total. The van der Waals surface area contributed by atoms with E-state index in [1.165, 1.54) is 0 Å². The maximum atomic E-state index is 12.4. The Hall–Kier alpha value is -2.04. The third-order valence-corrected chi connectivity index (χ3v) is 4.61. The van der Waals surface area contributed by atoms with E-state index in [0.717, 1.165) is 37.0 Å². The third-order valence-electron chi connectivity index (χ3n) is 4.61. The summed E-state index contributed by atoms with van der Waals surface area (Å²) in [5.41, 5.74) is 0.481. The number of carbonyl (C=O) groups excluding carboxylic acids is 1. The Morgan fingerprint density at radius 1 is 1.35 bits per heavy atom. The fourth-order valence-corrected chi connectivity index (χ4v) is 3.38. The van der Waals surface area contributed by atoms with E-state index in [9.17, 15) is 9.59 Å². The van der Waals surface area contributed by atoms with Crippen LogP contribution >= 0.6 is 0 Å². The van der Waals surface area contributed by atoms with Crippen LogP contribution in [0.1, 0.15) is 56.9 Å². The average Bonchev–Trinajstić information content (AvgIpc) is 2.94. The molecule has 1 aliphatic rings. The molecule has 0 saturated heterocycles. The van der Waals surface area contributed by atoms with Gasteiger partial charge in [-0.25, -0.2) is 0 Å². The van der Waals surface area contributed by atoms with Gasteiger partial charge in [0.25, 0.3) is 0 Å². The van der Waals surface area contributed by atoms with Gasteiger partial charge >= 0.3 is 5.97 Å². The number of amides is 1. The van der Waals surface area contributed by atoms with Crippen LogP contribution in [0.5, 0.6) is 5.75 Å². The van der Waals surface area contributed by atoms with Gasteiger partial charge in [-0.2, -0.15) is 0 Å². The van der Waals surface area contributed by atoms with Crippen LogP contribution in [0.4, 0.5) is 0 Å². The monoisotopic (exact) mass is 319 g/mol. The zero-order valence-corrected chi connectivity index (χ0v) is 13.8. The number of hydrogen-bond donors (Lipinski definition) is 2. The molecule has 1 aromatic rings. The summed E-state index contributed by atoms with van der Waals surface area (Å²) in [6.45, 7) is 1.99. The standard InChI is InChI=1S/C18H25NO4/c1-13(14-6-5-7-15(11-14)23-2)10-16(20)19-18(12-17(21)22)8-3-4-9-18/h5-7,11,13H,3-4,8-10,12H2,1-2H3,(H,19,20)(H,21,22). The van der Waals surface area contributed by atoms with Crippen LogP contribution < -0.4 is 10.1 Å². The molecule has 0 radical (unpaired) electrons. The van der Waals surface area contributed by atoms with E-state index in [1.807, 2.05) is 31.2 Å². The highest BCUT2D eigenvalue weighted by Gasteiger charge is 2.37. The highest BCUT2D eigenvalue weighted by atomic mass is 16.5. The van der Waals surface area contributed by atoms with Gasteiger partial charge in [-0.3, -0.25) is 9.59 Å². The van der Waals surface area contributed by atoms with Crippen molar-refractivity contribution in [1.82, 2.24) is 5.32 Å². The fourth-order valence-electron chi connectivity index (χ4n) is 3.38. The lowest BCUT2D eigenvalue weighted by Crippen LogP contribution is -2.48. The second-order valence-electron chi connectivity index (χ2n) is 6.49. The fraction of sp³-hybridized carbons (Fsp3) is 0.556. The zero-order valence-electron chi connectivity index (χ0n) is 13.8. The van der Waals surface area contributed by atoms with Gasteiger partial charge in [-0.1, -0.05) is 31.9 Å². The molecular formula is C18H25NO4. The number of rotatable bonds is 7. The quantitative estimate of drug-likeness (QED) is 0.810. The molecule has 1 aromatic carbocycles. The van der Waals surface area contributed by atoms with Crippen molar-refractivity contribution in [1.29, 1.82) is 0 Å². The van der Waals surface area contributed by atoms with Gasteiger partial charge in [0, 0.05) is 6.42 Å². The lowest BCUT2D eigenvalue weighted by molar-refractivity contribution is -0.139. The summed E-state index contributed by atoms with van der Waals surface area (Å²) in [4.78, 5) is 23.5. The van der Waals surface area contributed by atoms with Crippen LogP contribution in [0.25, 0.3) is 0 Å². The number of ether oxygens (including phenoxy) is 1. The van der Waals surface area contributed by atoms with Gasteiger partial charge in [0.1, 0.15) is 5.75 Å². The Balaban J connectivity index is 1.98. The van der Waals surface area contributed by atoms with Gasteiger partial charge in [0.2, 0.25) is 5.91 Å². The van der Waals surface area contributed by atoms with Gasteiger partial charge in [0.15, 0.2) is 0 Å². The molecule has 5 heteroatoms.